The Balaban J connectivity index is 1.88. The van der Waals surface area contributed by atoms with Gasteiger partial charge in [-0.15, -0.1) is 0 Å². The van der Waals surface area contributed by atoms with E-state index < -0.39 is 5.97 Å². The second-order valence-corrected chi connectivity index (χ2v) is 5.15. The minimum absolute atomic E-state index is 0.266. The number of aromatic carboxylic acids is 1. The van der Waals surface area contributed by atoms with Gasteiger partial charge in [-0.25, -0.2) is 4.79 Å². The highest BCUT2D eigenvalue weighted by molar-refractivity contribution is 5.88. The van der Waals surface area contributed by atoms with Crippen LogP contribution < -0.4 is 5.32 Å². The van der Waals surface area contributed by atoms with Gasteiger partial charge in [-0.1, -0.05) is 19.8 Å². The first-order valence-electron chi connectivity index (χ1n) is 6.66. The maximum atomic E-state index is 10.9. The predicted octanol–water partition coefficient (Wildman–Crippen LogP) is 2.95. The molecule has 0 aliphatic heterocycles. The molecule has 1 fully saturated rings. The number of aryl methyl sites for hydroxylation is 1. The van der Waals surface area contributed by atoms with Gasteiger partial charge in [0.15, 0.2) is 0 Å². The summed E-state index contributed by atoms with van der Waals surface area (Å²) in [6, 6.07) is 2.13. The number of nitrogens with one attached hydrogen (secondary N) is 1. The highest BCUT2D eigenvalue weighted by atomic mass is 16.4. The first-order chi connectivity index (χ1) is 8.60. The van der Waals surface area contributed by atoms with Crippen LogP contribution in [0.15, 0.2) is 10.5 Å². The zero-order valence-corrected chi connectivity index (χ0v) is 11.0. The van der Waals surface area contributed by atoms with Crippen molar-refractivity contribution in [3.63, 3.8) is 0 Å². The molecular formula is C14H21NO3. The molecule has 0 saturated heterocycles. The van der Waals surface area contributed by atoms with E-state index >= 15 is 0 Å². The monoisotopic (exact) mass is 251 g/mol. The SMILES string of the molecule is CCC(CC1CC1)NCc1cc(C(=O)O)c(C)o1. The van der Waals surface area contributed by atoms with E-state index in [1.54, 1.807) is 13.0 Å². The Morgan fingerprint density at radius 3 is 2.83 bits per heavy atom. The Labute approximate surface area is 107 Å². The molecule has 2 rings (SSSR count). The molecule has 1 aliphatic carbocycles. The number of carboxylic acid groups (broad SMARTS) is 1. The highest BCUT2D eigenvalue weighted by Gasteiger charge is 2.24. The van der Waals surface area contributed by atoms with Gasteiger partial charge in [0.05, 0.1) is 6.54 Å². The predicted molar refractivity (Wildman–Crippen MR) is 68.7 cm³/mol. The van der Waals surface area contributed by atoms with Crippen molar-refractivity contribution < 1.29 is 14.3 Å². The quantitative estimate of drug-likeness (QED) is 0.782. The molecule has 4 heteroatoms. The number of rotatable bonds is 7. The molecule has 0 radical (unpaired) electrons. The lowest BCUT2D eigenvalue weighted by Gasteiger charge is -2.15. The lowest BCUT2D eigenvalue weighted by Crippen LogP contribution is -2.28. The molecule has 1 unspecified atom stereocenters. The Kier molecular flexibility index (Phi) is 4.07. The van der Waals surface area contributed by atoms with Gasteiger partial charge in [-0.3, -0.25) is 0 Å². The molecule has 1 aliphatic rings. The van der Waals surface area contributed by atoms with E-state index in [9.17, 15) is 4.79 Å². The minimum Gasteiger partial charge on any atom is -0.478 e. The average Bonchev–Trinajstić information content (AvgIpc) is 3.06. The Hall–Kier alpha value is -1.29. The molecule has 1 atom stereocenters. The van der Waals surface area contributed by atoms with Crippen LogP contribution in [-0.2, 0) is 6.54 Å². The summed E-state index contributed by atoms with van der Waals surface area (Å²) in [4.78, 5) is 10.9. The second-order valence-electron chi connectivity index (χ2n) is 5.15. The maximum absolute atomic E-state index is 10.9. The number of furan rings is 1. The molecule has 2 N–H and O–H groups in total. The van der Waals surface area contributed by atoms with Crippen LogP contribution in [0.5, 0.6) is 0 Å². The molecule has 0 bridgehead atoms. The summed E-state index contributed by atoms with van der Waals surface area (Å²) in [7, 11) is 0. The fourth-order valence-corrected chi connectivity index (χ4v) is 2.24. The van der Waals surface area contributed by atoms with Crippen LogP contribution in [0.25, 0.3) is 0 Å². The van der Waals surface area contributed by atoms with Crippen molar-refractivity contribution in [2.24, 2.45) is 5.92 Å². The van der Waals surface area contributed by atoms with E-state index in [4.69, 9.17) is 9.52 Å². The largest absolute Gasteiger partial charge is 0.478 e. The summed E-state index contributed by atoms with van der Waals surface area (Å²) < 4.78 is 5.45. The number of hydrogen-bond acceptors (Lipinski definition) is 3. The first kappa shape index (κ1) is 13.1. The fourth-order valence-electron chi connectivity index (χ4n) is 2.24. The summed E-state index contributed by atoms with van der Waals surface area (Å²) >= 11 is 0. The smallest absolute Gasteiger partial charge is 0.339 e. The van der Waals surface area contributed by atoms with Crippen LogP contribution in [0.3, 0.4) is 0 Å². The van der Waals surface area contributed by atoms with E-state index in [1.165, 1.54) is 19.3 Å². The van der Waals surface area contributed by atoms with Crippen LogP contribution in [-0.4, -0.2) is 17.1 Å². The van der Waals surface area contributed by atoms with Crippen LogP contribution >= 0.6 is 0 Å². The lowest BCUT2D eigenvalue weighted by atomic mass is 10.1. The van der Waals surface area contributed by atoms with Gasteiger partial charge in [0.25, 0.3) is 0 Å². The summed E-state index contributed by atoms with van der Waals surface area (Å²) in [5.41, 5.74) is 0.266. The maximum Gasteiger partial charge on any atom is 0.339 e. The molecule has 0 aromatic carbocycles. The van der Waals surface area contributed by atoms with Gasteiger partial charge in [-0.2, -0.15) is 0 Å². The molecule has 100 valence electrons. The zero-order chi connectivity index (χ0) is 13.1. The zero-order valence-electron chi connectivity index (χ0n) is 11.0. The molecule has 1 saturated carbocycles. The molecule has 0 amide bonds. The fraction of sp³-hybridized carbons (Fsp3) is 0.643. The first-order valence-corrected chi connectivity index (χ1v) is 6.66. The third-order valence-corrected chi connectivity index (χ3v) is 3.57. The van der Waals surface area contributed by atoms with Crippen LogP contribution in [0.2, 0.25) is 0 Å². The van der Waals surface area contributed by atoms with Crippen molar-refractivity contribution in [1.29, 1.82) is 0 Å². The van der Waals surface area contributed by atoms with Crippen molar-refractivity contribution in [3.8, 4) is 0 Å². The van der Waals surface area contributed by atoms with Crippen LogP contribution in [0.4, 0.5) is 0 Å². The third kappa shape index (κ3) is 3.35. The van der Waals surface area contributed by atoms with Gasteiger partial charge >= 0.3 is 5.97 Å². The number of carbonyl (C=O) groups is 1. The van der Waals surface area contributed by atoms with Gasteiger partial charge in [-0.05, 0) is 31.7 Å². The summed E-state index contributed by atoms with van der Waals surface area (Å²) in [6.45, 7) is 4.48. The van der Waals surface area contributed by atoms with Crippen molar-refractivity contribution in [2.75, 3.05) is 0 Å². The lowest BCUT2D eigenvalue weighted by molar-refractivity contribution is 0.0695. The molecule has 1 aromatic heterocycles. The van der Waals surface area contributed by atoms with Crippen LogP contribution in [0.1, 0.15) is 54.5 Å². The van der Waals surface area contributed by atoms with Gasteiger partial charge in [0, 0.05) is 6.04 Å². The number of hydrogen-bond donors (Lipinski definition) is 2. The summed E-state index contributed by atoms with van der Waals surface area (Å²) in [5.74, 6) is 1.16. The number of carboxylic acids is 1. The third-order valence-electron chi connectivity index (χ3n) is 3.57. The van der Waals surface area contributed by atoms with E-state index in [1.807, 2.05) is 0 Å². The van der Waals surface area contributed by atoms with E-state index in [2.05, 4.69) is 12.2 Å². The van der Waals surface area contributed by atoms with Crippen molar-refractivity contribution in [3.05, 3.63) is 23.2 Å². The Morgan fingerprint density at radius 1 is 1.61 bits per heavy atom. The van der Waals surface area contributed by atoms with Gasteiger partial charge in [0.2, 0.25) is 0 Å². The molecule has 4 nitrogen and oxygen atoms in total. The van der Waals surface area contributed by atoms with Crippen molar-refractivity contribution in [1.82, 2.24) is 5.32 Å². The normalized spacial score (nSPS) is 16.8. The van der Waals surface area contributed by atoms with E-state index in [0.29, 0.717) is 24.1 Å². The molecule has 1 aromatic rings. The highest BCUT2D eigenvalue weighted by Crippen LogP contribution is 2.34. The van der Waals surface area contributed by atoms with Crippen LogP contribution in [0, 0.1) is 12.8 Å². The second kappa shape index (κ2) is 5.57. The Morgan fingerprint density at radius 2 is 2.33 bits per heavy atom. The van der Waals surface area contributed by atoms with Crippen molar-refractivity contribution >= 4 is 5.97 Å². The topological polar surface area (TPSA) is 62.5 Å². The Bertz CT molecular complexity index is 421. The van der Waals surface area contributed by atoms with E-state index in [-0.39, 0.29) is 5.56 Å². The summed E-state index contributed by atoms with van der Waals surface area (Å²) in [5, 5.41) is 12.4. The van der Waals surface area contributed by atoms with Crippen molar-refractivity contribution in [2.45, 2.75) is 52.1 Å². The minimum atomic E-state index is -0.924. The average molecular weight is 251 g/mol. The molecular weight excluding hydrogens is 230 g/mol. The standard InChI is InChI=1S/C14H21NO3/c1-3-11(6-10-4-5-10)15-8-12-7-13(14(16)17)9(2)18-12/h7,10-11,15H,3-6,8H2,1-2H3,(H,16,17). The molecule has 0 spiro atoms. The molecule has 18 heavy (non-hydrogen) atoms. The van der Waals surface area contributed by atoms with Gasteiger partial charge in [0.1, 0.15) is 17.1 Å². The van der Waals surface area contributed by atoms with E-state index in [0.717, 1.165) is 12.3 Å². The summed E-state index contributed by atoms with van der Waals surface area (Å²) in [6.07, 6.45) is 5.05. The van der Waals surface area contributed by atoms with Gasteiger partial charge < -0.3 is 14.8 Å². The molecule has 1 heterocycles.